The highest BCUT2D eigenvalue weighted by atomic mass is 16.2. The average Bonchev–Trinajstić information content (AvgIpc) is 2.39. The Morgan fingerprint density at radius 3 is 2.44 bits per heavy atom. The molecule has 0 radical (unpaired) electrons. The summed E-state index contributed by atoms with van der Waals surface area (Å²) in [5.74, 6) is 0.153. The van der Waals surface area contributed by atoms with Gasteiger partial charge >= 0.3 is 0 Å². The minimum absolute atomic E-state index is 0.153. The van der Waals surface area contributed by atoms with Gasteiger partial charge in [-0.1, -0.05) is 49.8 Å². The first-order valence-corrected chi connectivity index (χ1v) is 6.62. The highest BCUT2D eigenvalue weighted by molar-refractivity contribution is 5.74. The molecule has 1 amide bonds. The van der Waals surface area contributed by atoms with Gasteiger partial charge in [0.05, 0.1) is 0 Å². The molecule has 0 unspecified atom stereocenters. The van der Waals surface area contributed by atoms with Crippen molar-refractivity contribution in [2.24, 2.45) is 0 Å². The summed E-state index contributed by atoms with van der Waals surface area (Å²) < 4.78 is 0. The standard InChI is InChI=1S/C16H23NO/c1-4-5-12-17(15(3)18)13-11-14(2)16-9-7-6-8-10-16/h6-11H,4-5,12-13H2,1-3H3/b14-11-. The van der Waals surface area contributed by atoms with Gasteiger partial charge in [0.2, 0.25) is 5.91 Å². The molecule has 1 aromatic carbocycles. The molecule has 0 aliphatic carbocycles. The van der Waals surface area contributed by atoms with Crippen LogP contribution in [-0.4, -0.2) is 23.9 Å². The Labute approximate surface area is 110 Å². The molecule has 98 valence electrons. The largest absolute Gasteiger partial charge is 0.339 e. The van der Waals surface area contributed by atoms with E-state index in [2.05, 4.69) is 32.1 Å². The van der Waals surface area contributed by atoms with E-state index in [0.717, 1.165) is 19.4 Å². The normalized spacial score (nSPS) is 11.4. The van der Waals surface area contributed by atoms with Crippen LogP contribution in [-0.2, 0) is 4.79 Å². The fraction of sp³-hybridized carbons (Fsp3) is 0.438. The third kappa shape index (κ3) is 4.74. The molecule has 0 N–H and O–H groups in total. The lowest BCUT2D eigenvalue weighted by Gasteiger charge is -2.19. The third-order valence-electron chi connectivity index (χ3n) is 3.07. The number of hydrogen-bond acceptors (Lipinski definition) is 1. The first kappa shape index (κ1) is 14.5. The number of nitrogens with zero attached hydrogens (tertiary/aromatic N) is 1. The lowest BCUT2D eigenvalue weighted by molar-refractivity contribution is -0.128. The van der Waals surface area contributed by atoms with Gasteiger partial charge in [-0.3, -0.25) is 4.79 Å². The van der Waals surface area contributed by atoms with Crippen molar-refractivity contribution in [2.45, 2.75) is 33.6 Å². The molecule has 0 aliphatic heterocycles. The Morgan fingerprint density at radius 1 is 1.22 bits per heavy atom. The van der Waals surface area contributed by atoms with Gasteiger partial charge < -0.3 is 4.90 Å². The predicted octanol–water partition coefficient (Wildman–Crippen LogP) is 3.74. The number of amides is 1. The van der Waals surface area contributed by atoms with Crippen molar-refractivity contribution in [2.75, 3.05) is 13.1 Å². The molecule has 2 heteroatoms. The summed E-state index contributed by atoms with van der Waals surface area (Å²) >= 11 is 0. The van der Waals surface area contributed by atoms with Crippen LogP contribution in [0, 0.1) is 0 Å². The quantitative estimate of drug-likeness (QED) is 0.747. The summed E-state index contributed by atoms with van der Waals surface area (Å²) in [7, 11) is 0. The molecule has 2 nitrogen and oxygen atoms in total. The molecule has 1 aromatic rings. The van der Waals surface area contributed by atoms with Crippen molar-refractivity contribution >= 4 is 11.5 Å². The maximum atomic E-state index is 11.5. The molecular weight excluding hydrogens is 222 g/mol. The summed E-state index contributed by atoms with van der Waals surface area (Å²) in [6, 6.07) is 10.3. The zero-order valence-electron chi connectivity index (χ0n) is 11.6. The SMILES string of the molecule is CCCCN(C/C=C(/C)c1ccccc1)C(C)=O. The van der Waals surface area contributed by atoms with Crippen LogP contribution in [0.4, 0.5) is 0 Å². The van der Waals surface area contributed by atoms with E-state index in [9.17, 15) is 4.79 Å². The zero-order chi connectivity index (χ0) is 13.4. The Hall–Kier alpha value is -1.57. The number of allylic oxidation sites excluding steroid dienone is 1. The van der Waals surface area contributed by atoms with Crippen molar-refractivity contribution in [3.8, 4) is 0 Å². The van der Waals surface area contributed by atoms with E-state index in [1.54, 1.807) is 6.92 Å². The van der Waals surface area contributed by atoms with E-state index in [0.29, 0.717) is 6.54 Å². The van der Waals surface area contributed by atoms with Crippen LogP contribution in [0.25, 0.3) is 5.57 Å². The van der Waals surface area contributed by atoms with Gasteiger partial charge in [-0.2, -0.15) is 0 Å². The van der Waals surface area contributed by atoms with Crippen LogP contribution in [0.2, 0.25) is 0 Å². The maximum absolute atomic E-state index is 11.5. The molecule has 0 aromatic heterocycles. The summed E-state index contributed by atoms with van der Waals surface area (Å²) in [5, 5.41) is 0. The zero-order valence-corrected chi connectivity index (χ0v) is 11.6. The van der Waals surface area contributed by atoms with Gasteiger partial charge in [-0.25, -0.2) is 0 Å². The lowest BCUT2D eigenvalue weighted by atomic mass is 10.1. The smallest absolute Gasteiger partial charge is 0.219 e. The van der Waals surface area contributed by atoms with Crippen LogP contribution in [0.5, 0.6) is 0 Å². The summed E-state index contributed by atoms with van der Waals surface area (Å²) in [6.07, 6.45) is 4.31. The molecule has 0 aliphatic rings. The van der Waals surface area contributed by atoms with Gasteiger partial charge in [-0.15, -0.1) is 0 Å². The summed E-state index contributed by atoms with van der Waals surface area (Å²) in [5.41, 5.74) is 2.44. The van der Waals surface area contributed by atoms with E-state index in [-0.39, 0.29) is 5.91 Å². The molecule has 18 heavy (non-hydrogen) atoms. The molecule has 1 rings (SSSR count). The van der Waals surface area contributed by atoms with E-state index in [1.165, 1.54) is 11.1 Å². The highest BCUT2D eigenvalue weighted by Crippen LogP contribution is 2.12. The van der Waals surface area contributed by atoms with E-state index < -0.39 is 0 Å². The summed E-state index contributed by atoms with van der Waals surface area (Å²) in [6.45, 7) is 7.43. The number of carbonyl (C=O) groups excluding carboxylic acids is 1. The van der Waals surface area contributed by atoms with Crippen molar-refractivity contribution in [3.63, 3.8) is 0 Å². The topological polar surface area (TPSA) is 20.3 Å². The number of hydrogen-bond donors (Lipinski definition) is 0. The van der Waals surface area contributed by atoms with Crippen LogP contribution in [0.3, 0.4) is 0 Å². The molecule has 0 saturated heterocycles. The van der Waals surface area contributed by atoms with Gasteiger partial charge in [0.1, 0.15) is 0 Å². The van der Waals surface area contributed by atoms with Crippen molar-refractivity contribution in [1.82, 2.24) is 4.90 Å². The number of unbranched alkanes of at least 4 members (excludes halogenated alkanes) is 1. The molecule has 0 heterocycles. The summed E-state index contributed by atoms with van der Waals surface area (Å²) in [4.78, 5) is 13.4. The van der Waals surface area contributed by atoms with Crippen molar-refractivity contribution < 1.29 is 4.79 Å². The van der Waals surface area contributed by atoms with Gasteiger partial charge in [0.15, 0.2) is 0 Å². The van der Waals surface area contributed by atoms with E-state index in [1.807, 2.05) is 23.1 Å². The van der Waals surface area contributed by atoms with E-state index in [4.69, 9.17) is 0 Å². The fourth-order valence-corrected chi connectivity index (χ4v) is 1.79. The lowest BCUT2D eigenvalue weighted by Crippen LogP contribution is -2.29. The monoisotopic (exact) mass is 245 g/mol. The molecular formula is C16H23NO. The molecule has 0 atom stereocenters. The Morgan fingerprint density at radius 2 is 1.89 bits per heavy atom. The maximum Gasteiger partial charge on any atom is 0.219 e. The Bertz CT molecular complexity index is 395. The second-order valence-corrected chi connectivity index (χ2v) is 4.57. The minimum Gasteiger partial charge on any atom is -0.339 e. The van der Waals surface area contributed by atoms with Crippen LogP contribution < -0.4 is 0 Å². The highest BCUT2D eigenvalue weighted by Gasteiger charge is 2.05. The van der Waals surface area contributed by atoms with Gasteiger partial charge in [0, 0.05) is 20.0 Å². The molecule has 0 saturated carbocycles. The average molecular weight is 245 g/mol. The number of benzene rings is 1. The second kappa shape index (κ2) is 7.70. The van der Waals surface area contributed by atoms with E-state index >= 15 is 0 Å². The minimum atomic E-state index is 0.153. The molecule has 0 spiro atoms. The van der Waals surface area contributed by atoms with Gasteiger partial charge in [0.25, 0.3) is 0 Å². The second-order valence-electron chi connectivity index (χ2n) is 4.57. The molecule has 0 fully saturated rings. The van der Waals surface area contributed by atoms with Crippen LogP contribution >= 0.6 is 0 Å². The fourth-order valence-electron chi connectivity index (χ4n) is 1.79. The third-order valence-corrected chi connectivity index (χ3v) is 3.07. The van der Waals surface area contributed by atoms with Crippen LogP contribution in [0.15, 0.2) is 36.4 Å². The predicted molar refractivity (Wildman–Crippen MR) is 77.3 cm³/mol. The first-order chi connectivity index (χ1) is 8.65. The number of carbonyl (C=O) groups is 1. The van der Waals surface area contributed by atoms with Crippen molar-refractivity contribution in [3.05, 3.63) is 42.0 Å². The van der Waals surface area contributed by atoms with Crippen molar-refractivity contribution in [1.29, 1.82) is 0 Å². The van der Waals surface area contributed by atoms with Crippen LogP contribution in [0.1, 0.15) is 39.2 Å². The van der Waals surface area contributed by atoms with Gasteiger partial charge in [-0.05, 0) is 24.5 Å². The first-order valence-electron chi connectivity index (χ1n) is 6.62. The Kier molecular flexibility index (Phi) is 6.20. The Balaban J connectivity index is 2.62. The number of rotatable bonds is 6. The molecule has 0 bridgehead atoms.